The van der Waals surface area contributed by atoms with Crippen LogP contribution in [0.2, 0.25) is 0 Å². The minimum absolute atomic E-state index is 0.00542. The molecular formula is C24H31F3N2O2. The van der Waals surface area contributed by atoms with E-state index in [1.807, 2.05) is 0 Å². The van der Waals surface area contributed by atoms with Crippen molar-refractivity contribution in [2.24, 2.45) is 0 Å². The summed E-state index contributed by atoms with van der Waals surface area (Å²) in [4.78, 5) is 12.0. The first-order chi connectivity index (χ1) is 14.6. The molecule has 0 spiro atoms. The molecule has 31 heavy (non-hydrogen) atoms. The smallest absolute Gasteiger partial charge is 0.409 e. The number of carbonyl (C=O) groups is 1. The van der Waals surface area contributed by atoms with E-state index in [2.05, 4.69) is 12.3 Å². The Hall–Kier alpha value is -2.28. The molecule has 1 heterocycles. The molecule has 170 valence electrons. The molecule has 4 nitrogen and oxygen atoms in total. The van der Waals surface area contributed by atoms with Crippen LogP contribution in [0.4, 0.5) is 13.2 Å². The molecule has 1 N–H and O–H groups in total. The Bertz CT molecular complexity index is 906. The average Bonchev–Trinajstić information content (AvgIpc) is 2.95. The molecule has 0 bridgehead atoms. The number of halogens is 3. The van der Waals surface area contributed by atoms with Gasteiger partial charge >= 0.3 is 6.18 Å². The number of nitrogens with zero attached hydrogens (tertiary/aromatic N) is 1. The van der Waals surface area contributed by atoms with Gasteiger partial charge in [-0.2, -0.15) is 18.2 Å². The second-order valence-corrected chi connectivity index (χ2v) is 8.80. The zero-order valence-electron chi connectivity index (χ0n) is 18.4. The predicted molar refractivity (Wildman–Crippen MR) is 116 cm³/mol. The second-order valence-electron chi connectivity index (χ2n) is 8.80. The molecule has 1 saturated heterocycles. The Morgan fingerprint density at radius 3 is 2.39 bits per heavy atom. The summed E-state index contributed by atoms with van der Waals surface area (Å²) in [5, 5.41) is 2.17. The molecule has 7 heteroatoms. The number of ether oxygens (including phenoxy) is 1. The van der Waals surface area contributed by atoms with Crippen molar-refractivity contribution in [1.82, 2.24) is 10.4 Å². The topological polar surface area (TPSA) is 41.6 Å². The molecule has 1 amide bonds. The fourth-order valence-electron chi connectivity index (χ4n) is 4.25. The van der Waals surface area contributed by atoms with Gasteiger partial charge in [-0.15, -0.1) is 0 Å². The van der Waals surface area contributed by atoms with Crippen LogP contribution < -0.4 is 10.2 Å². The van der Waals surface area contributed by atoms with Crippen molar-refractivity contribution in [1.29, 1.82) is 0 Å². The fraction of sp³-hybridized carbons (Fsp3) is 0.542. The first-order valence-electron chi connectivity index (χ1n) is 10.9. The predicted octanol–water partition coefficient (Wildman–Crippen LogP) is 6.31. The van der Waals surface area contributed by atoms with E-state index >= 15 is 0 Å². The summed E-state index contributed by atoms with van der Waals surface area (Å²) >= 11 is 0. The van der Waals surface area contributed by atoms with E-state index in [1.165, 1.54) is 12.5 Å². The Morgan fingerprint density at radius 2 is 1.77 bits per heavy atom. The number of rotatable bonds is 9. The fourth-order valence-corrected chi connectivity index (χ4v) is 4.25. The maximum absolute atomic E-state index is 14.4. The summed E-state index contributed by atoms with van der Waals surface area (Å²) in [6.45, 7) is 5.89. The van der Waals surface area contributed by atoms with E-state index in [9.17, 15) is 18.0 Å². The number of benzene rings is 2. The van der Waals surface area contributed by atoms with Gasteiger partial charge in [0, 0.05) is 17.3 Å². The molecule has 1 fully saturated rings. The number of fused-ring (bicyclic) bond motifs is 1. The highest BCUT2D eigenvalue weighted by molar-refractivity contribution is 5.92. The van der Waals surface area contributed by atoms with Crippen LogP contribution in [-0.4, -0.2) is 29.2 Å². The van der Waals surface area contributed by atoms with Gasteiger partial charge in [0.2, 0.25) is 5.91 Å². The number of carbonyl (C=O) groups excluding carboxylic acids is 1. The van der Waals surface area contributed by atoms with Crippen LogP contribution in [0.3, 0.4) is 0 Å². The number of hydrazine groups is 1. The molecule has 0 aromatic heterocycles. The Balaban J connectivity index is 1.98. The lowest BCUT2D eigenvalue weighted by molar-refractivity contribution is -0.203. The lowest BCUT2D eigenvalue weighted by Gasteiger charge is -2.38. The molecule has 2 aromatic rings. The minimum Gasteiger partial charge on any atom is -0.493 e. The van der Waals surface area contributed by atoms with Gasteiger partial charge in [0.15, 0.2) is 6.04 Å². The van der Waals surface area contributed by atoms with E-state index in [1.54, 1.807) is 44.2 Å². The van der Waals surface area contributed by atoms with Crippen molar-refractivity contribution in [3.63, 3.8) is 0 Å². The monoisotopic (exact) mass is 436 g/mol. The van der Waals surface area contributed by atoms with Gasteiger partial charge < -0.3 is 4.74 Å². The standard InChI is InChI=1S/C24H31F3N2O2/c1-4-5-6-7-8-15-31-19-14-10-12-17-11-9-13-18(21(17)19)22(24(25,26)27)29-23(2,3)16-20(30)28-29/h9-14,22H,4-8,15-16H2,1-3H3,(H,28,30). The molecule has 1 atom stereocenters. The van der Waals surface area contributed by atoms with Gasteiger partial charge in [0.25, 0.3) is 0 Å². The maximum Gasteiger partial charge on any atom is 0.409 e. The van der Waals surface area contributed by atoms with Crippen molar-refractivity contribution >= 4 is 16.7 Å². The summed E-state index contributed by atoms with van der Waals surface area (Å²) in [6.07, 6.45) is 0.752. The molecule has 0 saturated carbocycles. The van der Waals surface area contributed by atoms with Crippen LogP contribution in [0.1, 0.15) is 70.9 Å². The van der Waals surface area contributed by atoms with Gasteiger partial charge in [0.05, 0.1) is 6.61 Å². The van der Waals surface area contributed by atoms with Crippen LogP contribution in [0.15, 0.2) is 36.4 Å². The summed E-state index contributed by atoms with van der Waals surface area (Å²) in [7, 11) is 0. The first kappa shape index (κ1) is 23.4. The zero-order chi connectivity index (χ0) is 22.6. The van der Waals surface area contributed by atoms with E-state index in [0.29, 0.717) is 23.1 Å². The largest absolute Gasteiger partial charge is 0.493 e. The molecule has 1 unspecified atom stereocenters. The third kappa shape index (κ3) is 5.32. The van der Waals surface area contributed by atoms with Crippen molar-refractivity contribution in [3.05, 3.63) is 42.0 Å². The van der Waals surface area contributed by atoms with E-state index in [-0.39, 0.29) is 12.0 Å². The van der Waals surface area contributed by atoms with Crippen LogP contribution in [0, 0.1) is 0 Å². The number of hydrogen-bond donors (Lipinski definition) is 1. The van der Waals surface area contributed by atoms with Crippen LogP contribution in [0.25, 0.3) is 10.8 Å². The molecule has 0 radical (unpaired) electrons. The highest BCUT2D eigenvalue weighted by atomic mass is 19.4. The van der Waals surface area contributed by atoms with Crippen molar-refractivity contribution in [2.75, 3.05) is 6.61 Å². The highest BCUT2D eigenvalue weighted by Crippen LogP contribution is 2.46. The lowest BCUT2D eigenvalue weighted by atomic mass is 9.93. The van der Waals surface area contributed by atoms with Crippen LogP contribution in [-0.2, 0) is 4.79 Å². The highest BCUT2D eigenvalue weighted by Gasteiger charge is 2.53. The average molecular weight is 437 g/mol. The summed E-state index contributed by atoms with van der Waals surface area (Å²) in [5.41, 5.74) is 1.55. The quantitative estimate of drug-likeness (QED) is 0.469. The molecule has 1 aliphatic rings. The number of nitrogens with one attached hydrogen (secondary N) is 1. The third-order valence-electron chi connectivity index (χ3n) is 5.76. The molecular weight excluding hydrogens is 405 g/mol. The number of amides is 1. The normalized spacial score (nSPS) is 17.7. The number of hydrogen-bond acceptors (Lipinski definition) is 3. The van der Waals surface area contributed by atoms with Crippen LogP contribution in [0.5, 0.6) is 5.75 Å². The van der Waals surface area contributed by atoms with Crippen molar-refractivity contribution in [3.8, 4) is 5.75 Å². The van der Waals surface area contributed by atoms with E-state index < -0.39 is 23.7 Å². The lowest BCUT2D eigenvalue weighted by Crippen LogP contribution is -2.51. The Labute approximate surface area is 181 Å². The molecule has 3 rings (SSSR count). The maximum atomic E-state index is 14.4. The SMILES string of the molecule is CCCCCCCOc1cccc2cccc(C(N3NC(=O)CC3(C)C)C(F)(F)F)c12. The van der Waals surface area contributed by atoms with Gasteiger partial charge in [-0.1, -0.05) is 62.9 Å². The number of unbranched alkanes of at least 4 members (excludes halogenated alkanes) is 4. The summed E-state index contributed by atoms with van der Waals surface area (Å²) in [6, 6.07) is 8.21. The Kier molecular flexibility index (Phi) is 7.14. The minimum atomic E-state index is -4.59. The molecule has 2 aromatic carbocycles. The van der Waals surface area contributed by atoms with Gasteiger partial charge in [-0.3, -0.25) is 10.2 Å². The summed E-state index contributed by atoms with van der Waals surface area (Å²) < 4.78 is 49.1. The van der Waals surface area contributed by atoms with Gasteiger partial charge in [-0.05, 0) is 37.3 Å². The van der Waals surface area contributed by atoms with E-state index in [0.717, 1.165) is 30.7 Å². The number of alkyl halides is 3. The molecule has 0 aliphatic carbocycles. The summed E-state index contributed by atoms with van der Waals surface area (Å²) in [5.74, 6) is 0.0317. The first-order valence-corrected chi connectivity index (χ1v) is 10.9. The zero-order valence-corrected chi connectivity index (χ0v) is 18.4. The van der Waals surface area contributed by atoms with E-state index in [4.69, 9.17) is 4.74 Å². The third-order valence-corrected chi connectivity index (χ3v) is 5.76. The van der Waals surface area contributed by atoms with Gasteiger partial charge in [0.1, 0.15) is 5.75 Å². The molecule has 1 aliphatic heterocycles. The Morgan fingerprint density at radius 1 is 1.10 bits per heavy atom. The van der Waals surface area contributed by atoms with Gasteiger partial charge in [-0.25, -0.2) is 0 Å². The van der Waals surface area contributed by atoms with Crippen molar-refractivity contribution < 1.29 is 22.7 Å². The second kappa shape index (κ2) is 9.47. The van der Waals surface area contributed by atoms with Crippen molar-refractivity contribution in [2.45, 2.75) is 77.1 Å². The van der Waals surface area contributed by atoms with Crippen LogP contribution >= 0.6 is 0 Å².